The first-order valence-electron chi connectivity index (χ1n) is 6.54. The third kappa shape index (κ3) is 3.41. The van der Waals surface area contributed by atoms with Crippen LogP contribution in [0.4, 0.5) is 0 Å². The maximum atomic E-state index is 11.2. The Morgan fingerprint density at radius 3 is 2.86 bits per heavy atom. The second-order valence-corrected chi connectivity index (χ2v) is 5.41. The van der Waals surface area contributed by atoms with Crippen molar-refractivity contribution in [2.45, 2.75) is 26.3 Å². The molecule has 0 aliphatic carbocycles. The predicted octanol–water partition coefficient (Wildman–Crippen LogP) is 2.75. The molecule has 0 radical (unpaired) electrons. The van der Waals surface area contributed by atoms with Crippen LogP contribution in [-0.4, -0.2) is 33.2 Å². The third-order valence-electron chi connectivity index (χ3n) is 3.10. The Kier molecular flexibility index (Phi) is 4.95. The van der Waals surface area contributed by atoms with Gasteiger partial charge in [0.2, 0.25) is 0 Å². The van der Waals surface area contributed by atoms with Crippen LogP contribution in [0.5, 0.6) is 5.75 Å². The molecule has 2 aromatic rings. The van der Waals surface area contributed by atoms with E-state index in [0.717, 1.165) is 22.2 Å². The van der Waals surface area contributed by atoms with Crippen LogP contribution in [0.15, 0.2) is 22.7 Å². The molecule has 0 aliphatic heterocycles. The lowest BCUT2D eigenvalue weighted by Gasteiger charge is -2.09. The summed E-state index contributed by atoms with van der Waals surface area (Å²) in [6.45, 7) is 2.43. The van der Waals surface area contributed by atoms with Crippen molar-refractivity contribution in [2.75, 3.05) is 7.11 Å². The van der Waals surface area contributed by atoms with Gasteiger partial charge in [0.15, 0.2) is 5.69 Å². The van der Waals surface area contributed by atoms with E-state index in [2.05, 4.69) is 26.2 Å². The van der Waals surface area contributed by atoms with E-state index in [1.54, 1.807) is 11.8 Å². The Morgan fingerprint density at radius 1 is 1.48 bits per heavy atom. The second kappa shape index (κ2) is 6.71. The second-order valence-electron chi connectivity index (χ2n) is 4.55. The van der Waals surface area contributed by atoms with Crippen LogP contribution in [0, 0.1) is 0 Å². The highest BCUT2D eigenvalue weighted by Crippen LogP contribution is 2.24. The summed E-state index contributed by atoms with van der Waals surface area (Å²) in [6, 6.07) is 5.63. The number of aromatic nitrogens is 3. The van der Waals surface area contributed by atoms with Crippen LogP contribution >= 0.6 is 15.9 Å². The van der Waals surface area contributed by atoms with Crippen molar-refractivity contribution in [3.05, 3.63) is 39.6 Å². The minimum Gasteiger partial charge on any atom is -0.497 e. The molecule has 7 heteroatoms. The van der Waals surface area contributed by atoms with Gasteiger partial charge in [0.1, 0.15) is 5.75 Å². The summed E-state index contributed by atoms with van der Waals surface area (Å²) in [7, 11) is 1.60. The molecule has 1 aromatic heterocycles. The number of aromatic carboxylic acids is 1. The van der Waals surface area contributed by atoms with E-state index in [1.807, 2.05) is 25.1 Å². The minimum absolute atomic E-state index is 0.0240. The molecule has 2 rings (SSSR count). The fourth-order valence-electron chi connectivity index (χ4n) is 2.07. The van der Waals surface area contributed by atoms with E-state index in [1.165, 1.54) is 0 Å². The SMILES string of the molecule is CCCc1c(C(=O)O)nnn1Cc1cc(OC)ccc1Br. The number of carbonyl (C=O) groups is 1. The van der Waals surface area contributed by atoms with E-state index in [9.17, 15) is 4.79 Å². The van der Waals surface area contributed by atoms with Crippen molar-refractivity contribution in [1.29, 1.82) is 0 Å². The monoisotopic (exact) mass is 353 g/mol. The molecule has 0 amide bonds. The molecule has 112 valence electrons. The van der Waals surface area contributed by atoms with Crippen molar-refractivity contribution in [3.63, 3.8) is 0 Å². The number of ether oxygens (including phenoxy) is 1. The zero-order chi connectivity index (χ0) is 15.4. The van der Waals surface area contributed by atoms with E-state index in [4.69, 9.17) is 9.84 Å². The number of halogens is 1. The summed E-state index contributed by atoms with van der Waals surface area (Å²) in [4.78, 5) is 11.2. The molecule has 0 aliphatic rings. The molecule has 0 fully saturated rings. The van der Waals surface area contributed by atoms with Gasteiger partial charge >= 0.3 is 5.97 Å². The maximum Gasteiger partial charge on any atom is 0.358 e. The van der Waals surface area contributed by atoms with Crippen LogP contribution in [0.3, 0.4) is 0 Å². The molecule has 0 unspecified atom stereocenters. The Labute approximate surface area is 130 Å². The van der Waals surface area contributed by atoms with Gasteiger partial charge in [-0.3, -0.25) is 0 Å². The lowest BCUT2D eigenvalue weighted by Crippen LogP contribution is -2.09. The number of hydrogen-bond donors (Lipinski definition) is 1. The van der Waals surface area contributed by atoms with Gasteiger partial charge in [0.05, 0.1) is 19.3 Å². The summed E-state index contributed by atoms with van der Waals surface area (Å²) in [5, 5.41) is 16.9. The molecule has 1 aromatic carbocycles. The van der Waals surface area contributed by atoms with Gasteiger partial charge in [0.25, 0.3) is 0 Å². The average Bonchev–Trinajstić information content (AvgIpc) is 2.85. The molecule has 6 nitrogen and oxygen atoms in total. The summed E-state index contributed by atoms with van der Waals surface area (Å²) < 4.78 is 7.75. The molecule has 1 heterocycles. The Hall–Kier alpha value is -1.89. The zero-order valence-corrected chi connectivity index (χ0v) is 13.4. The van der Waals surface area contributed by atoms with Crippen LogP contribution in [0.1, 0.15) is 35.1 Å². The average molecular weight is 354 g/mol. The van der Waals surface area contributed by atoms with Gasteiger partial charge < -0.3 is 9.84 Å². The summed E-state index contributed by atoms with van der Waals surface area (Å²) >= 11 is 3.48. The lowest BCUT2D eigenvalue weighted by atomic mass is 10.2. The number of hydrogen-bond acceptors (Lipinski definition) is 4. The van der Waals surface area contributed by atoms with E-state index < -0.39 is 5.97 Å². The van der Waals surface area contributed by atoms with E-state index in [-0.39, 0.29) is 5.69 Å². The normalized spacial score (nSPS) is 10.6. The number of carboxylic acids is 1. The smallest absolute Gasteiger partial charge is 0.358 e. The Balaban J connectivity index is 2.37. The topological polar surface area (TPSA) is 77.2 Å². The van der Waals surface area contributed by atoms with Crippen molar-refractivity contribution >= 4 is 21.9 Å². The third-order valence-corrected chi connectivity index (χ3v) is 3.87. The van der Waals surface area contributed by atoms with Gasteiger partial charge in [-0.05, 0) is 30.2 Å². The highest BCUT2D eigenvalue weighted by Gasteiger charge is 2.18. The molecular weight excluding hydrogens is 338 g/mol. The van der Waals surface area contributed by atoms with E-state index >= 15 is 0 Å². The maximum absolute atomic E-state index is 11.2. The fraction of sp³-hybridized carbons (Fsp3) is 0.357. The van der Waals surface area contributed by atoms with Crippen LogP contribution in [0.2, 0.25) is 0 Å². The number of methoxy groups -OCH3 is 1. The molecule has 21 heavy (non-hydrogen) atoms. The quantitative estimate of drug-likeness (QED) is 0.863. The van der Waals surface area contributed by atoms with Crippen LogP contribution in [0.25, 0.3) is 0 Å². The number of benzene rings is 1. The highest BCUT2D eigenvalue weighted by molar-refractivity contribution is 9.10. The van der Waals surface area contributed by atoms with Crippen molar-refractivity contribution in [3.8, 4) is 5.75 Å². The van der Waals surface area contributed by atoms with Gasteiger partial charge in [-0.25, -0.2) is 9.48 Å². The first-order valence-corrected chi connectivity index (χ1v) is 7.34. The number of rotatable bonds is 6. The van der Waals surface area contributed by atoms with Gasteiger partial charge in [-0.1, -0.05) is 34.5 Å². The first kappa shape index (κ1) is 15.5. The molecule has 0 saturated carbocycles. The van der Waals surface area contributed by atoms with Crippen molar-refractivity contribution < 1.29 is 14.6 Å². The molecular formula is C14H16BrN3O3. The van der Waals surface area contributed by atoms with Crippen LogP contribution < -0.4 is 4.74 Å². The molecule has 0 bridgehead atoms. The first-order chi connectivity index (χ1) is 10.1. The number of carboxylic acid groups (broad SMARTS) is 1. The van der Waals surface area contributed by atoms with Crippen molar-refractivity contribution in [2.24, 2.45) is 0 Å². The van der Waals surface area contributed by atoms with Gasteiger partial charge in [0, 0.05) is 4.47 Å². The van der Waals surface area contributed by atoms with Crippen molar-refractivity contribution in [1.82, 2.24) is 15.0 Å². The summed E-state index contributed by atoms with van der Waals surface area (Å²) in [6.07, 6.45) is 1.45. The molecule has 0 spiro atoms. The standard InChI is InChI=1S/C14H16BrN3O3/c1-3-4-12-13(14(19)20)16-17-18(12)8-9-7-10(21-2)5-6-11(9)15/h5-7H,3-4,8H2,1-2H3,(H,19,20). The minimum atomic E-state index is -1.05. The Bertz CT molecular complexity index is 655. The predicted molar refractivity (Wildman–Crippen MR) is 80.8 cm³/mol. The number of nitrogens with zero attached hydrogens (tertiary/aromatic N) is 3. The van der Waals surface area contributed by atoms with Gasteiger partial charge in [-0.15, -0.1) is 5.10 Å². The largest absolute Gasteiger partial charge is 0.497 e. The zero-order valence-electron chi connectivity index (χ0n) is 11.8. The summed E-state index contributed by atoms with van der Waals surface area (Å²) in [5.74, 6) is -0.307. The fourth-order valence-corrected chi connectivity index (χ4v) is 2.44. The lowest BCUT2D eigenvalue weighted by molar-refractivity contribution is 0.0689. The van der Waals surface area contributed by atoms with Crippen LogP contribution in [-0.2, 0) is 13.0 Å². The van der Waals surface area contributed by atoms with E-state index in [0.29, 0.717) is 18.7 Å². The summed E-state index contributed by atoms with van der Waals surface area (Å²) in [5.41, 5.74) is 1.61. The molecule has 0 saturated heterocycles. The van der Waals surface area contributed by atoms with Gasteiger partial charge in [-0.2, -0.15) is 0 Å². The molecule has 0 atom stereocenters. The molecule has 1 N–H and O–H groups in total. The Morgan fingerprint density at radius 2 is 2.24 bits per heavy atom. The highest BCUT2D eigenvalue weighted by atomic mass is 79.9.